The van der Waals surface area contributed by atoms with Crippen molar-refractivity contribution in [3.63, 3.8) is 0 Å². The van der Waals surface area contributed by atoms with Crippen LogP contribution in [0.1, 0.15) is 63.5 Å². The summed E-state index contributed by atoms with van der Waals surface area (Å²) in [6, 6.07) is 8.27. The van der Waals surface area contributed by atoms with Crippen LogP contribution in [0.5, 0.6) is 0 Å². The van der Waals surface area contributed by atoms with E-state index in [0.717, 1.165) is 31.2 Å². The van der Waals surface area contributed by atoms with Gasteiger partial charge in [-0.05, 0) is 61.6 Å². The first kappa shape index (κ1) is 19.7. The maximum absolute atomic E-state index is 14.9. The minimum atomic E-state index is -1.04. The number of benzene rings is 2. The lowest BCUT2D eigenvalue weighted by atomic mass is 9.79. The quantitative estimate of drug-likeness (QED) is 0.496. The lowest BCUT2D eigenvalue weighted by Crippen LogP contribution is -2.15. The molecule has 0 unspecified atom stereocenters. The molecule has 1 aliphatic rings. The maximum Gasteiger partial charge on any atom is 0.165 e. The van der Waals surface area contributed by atoms with Gasteiger partial charge in [-0.25, -0.2) is 13.2 Å². The lowest BCUT2D eigenvalue weighted by molar-refractivity contribution is 0.261. The van der Waals surface area contributed by atoms with Crippen LogP contribution in [0.15, 0.2) is 42.2 Å². The monoisotopic (exact) mass is 372 g/mol. The Morgan fingerprint density at radius 2 is 1.81 bits per heavy atom. The van der Waals surface area contributed by atoms with Gasteiger partial charge in [-0.15, -0.1) is 0 Å². The molecule has 0 spiro atoms. The van der Waals surface area contributed by atoms with Crippen LogP contribution in [-0.2, 0) is 0 Å². The topological polar surface area (TPSA) is 0 Å². The third-order valence-corrected chi connectivity index (χ3v) is 5.69. The molecule has 0 bridgehead atoms. The van der Waals surface area contributed by atoms with Crippen LogP contribution < -0.4 is 0 Å². The molecule has 0 saturated heterocycles. The van der Waals surface area contributed by atoms with Crippen LogP contribution in [-0.4, -0.2) is 0 Å². The Labute approximate surface area is 159 Å². The average Bonchev–Trinajstić information content (AvgIpc) is 2.68. The van der Waals surface area contributed by atoms with Gasteiger partial charge >= 0.3 is 0 Å². The fraction of sp³-hybridized carbons (Fsp3) is 0.417. The van der Waals surface area contributed by atoms with Crippen molar-refractivity contribution < 1.29 is 13.2 Å². The van der Waals surface area contributed by atoms with Crippen molar-refractivity contribution >= 4 is 22.7 Å². The van der Waals surface area contributed by atoms with Gasteiger partial charge in [0, 0.05) is 16.9 Å². The highest BCUT2D eigenvalue weighted by Crippen LogP contribution is 2.40. The molecule has 0 aliphatic heterocycles. The average molecular weight is 372 g/mol. The second-order valence-electron chi connectivity index (χ2n) is 7.58. The molecule has 0 aromatic heterocycles. The Kier molecular flexibility index (Phi) is 6.41. The molecule has 3 rings (SSSR count). The molecule has 1 saturated carbocycles. The summed E-state index contributed by atoms with van der Waals surface area (Å²) >= 11 is 0. The zero-order valence-electron chi connectivity index (χ0n) is 16.1. The first-order valence-electron chi connectivity index (χ1n) is 9.95. The minimum absolute atomic E-state index is 0.269. The Morgan fingerprint density at radius 3 is 2.48 bits per heavy atom. The maximum atomic E-state index is 14.9. The standard InChI is InChI=1S/C24H27F3/c1-3-5-16-7-10-18(11-8-16)22(25)24(27)21-14-12-19-15-17(6-4-2)9-13-20(19)23(21)26/h4,6,9,12-16,18H,3,5,7-8,10-11H2,1-2H3/b6-4+,24-22?. The van der Waals surface area contributed by atoms with Crippen LogP contribution in [0.2, 0.25) is 0 Å². The molecule has 1 fully saturated rings. The molecule has 1 aliphatic carbocycles. The van der Waals surface area contributed by atoms with E-state index in [1.54, 1.807) is 18.2 Å². The highest BCUT2D eigenvalue weighted by atomic mass is 19.2. The number of allylic oxidation sites excluding steroid dienone is 2. The second-order valence-corrected chi connectivity index (χ2v) is 7.58. The van der Waals surface area contributed by atoms with E-state index in [1.807, 2.05) is 25.1 Å². The summed E-state index contributed by atoms with van der Waals surface area (Å²) in [6.07, 6.45) is 9.23. The number of halogens is 3. The first-order chi connectivity index (χ1) is 13.0. The van der Waals surface area contributed by atoms with E-state index in [1.165, 1.54) is 6.07 Å². The summed E-state index contributed by atoms with van der Waals surface area (Å²) in [5, 5.41) is 0.996. The van der Waals surface area contributed by atoms with Gasteiger partial charge in [-0.1, -0.05) is 50.1 Å². The molecule has 2 aromatic rings. The number of hydrogen-bond donors (Lipinski definition) is 0. The molecule has 3 heteroatoms. The van der Waals surface area contributed by atoms with Crippen molar-refractivity contribution in [3.05, 3.63) is 59.2 Å². The molecular weight excluding hydrogens is 345 g/mol. The second kappa shape index (κ2) is 8.77. The van der Waals surface area contributed by atoms with Crippen molar-refractivity contribution in [2.75, 3.05) is 0 Å². The number of fused-ring (bicyclic) bond motifs is 1. The first-order valence-corrected chi connectivity index (χ1v) is 9.95. The van der Waals surface area contributed by atoms with Gasteiger partial charge in [0.15, 0.2) is 5.83 Å². The third-order valence-electron chi connectivity index (χ3n) is 5.69. The largest absolute Gasteiger partial charge is 0.208 e. The van der Waals surface area contributed by atoms with Gasteiger partial charge in [0.25, 0.3) is 0 Å². The van der Waals surface area contributed by atoms with E-state index < -0.39 is 23.4 Å². The molecule has 0 atom stereocenters. The van der Waals surface area contributed by atoms with Gasteiger partial charge in [-0.2, -0.15) is 0 Å². The third kappa shape index (κ3) is 4.28. The van der Waals surface area contributed by atoms with E-state index in [0.29, 0.717) is 29.5 Å². The Hall–Kier alpha value is -2.03. The predicted molar refractivity (Wildman–Crippen MR) is 108 cm³/mol. The van der Waals surface area contributed by atoms with E-state index in [-0.39, 0.29) is 5.56 Å². The van der Waals surface area contributed by atoms with E-state index in [4.69, 9.17) is 0 Å². The van der Waals surface area contributed by atoms with Gasteiger partial charge in [0.1, 0.15) is 11.6 Å². The smallest absolute Gasteiger partial charge is 0.165 e. The fourth-order valence-electron chi connectivity index (χ4n) is 4.20. The van der Waals surface area contributed by atoms with Gasteiger partial charge in [-0.3, -0.25) is 0 Å². The molecule has 0 heterocycles. The summed E-state index contributed by atoms with van der Waals surface area (Å²) in [5.41, 5.74) is 0.678. The molecule has 0 amide bonds. The van der Waals surface area contributed by atoms with Crippen molar-refractivity contribution in [2.24, 2.45) is 11.8 Å². The molecule has 0 radical (unpaired) electrons. The highest BCUT2D eigenvalue weighted by Gasteiger charge is 2.27. The Bertz CT molecular complexity index is 855. The van der Waals surface area contributed by atoms with E-state index >= 15 is 0 Å². The van der Waals surface area contributed by atoms with Gasteiger partial charge in [0.2, 0.25) is 0 Å². The summed E-state index contributed by atoms with van der Waals surface area (Å²) in [6.45, 7) is 4.06. The summed E-state index contributed by atoms with van der Waals surface area (Å²) in [4.78, 5) is 0. The number of hydrogen-bond acceptors (Lipinski definition) is 0. The van der Waals surface area contributed by atoms with Gasteiger partial charge < -0.3 is 0 Å². The lowest BCUT2D eigenvalue weighted by Gasteiger charge is -2.27. The SMILES string of the molecule is C/C=C/c1ccc2c(F)c(C(F)=C(F)C3CCC(CCC)CC3)ccc2c1. The molecule has 27 heavy (non-hydrogen) atoms. The molecular formula is C24H27F3. The zero-order chi connectivity index (χ0) is 19.4. The van der Waals surface area contributed by atoms with E-state index in [9.17, 15) is 13.2 Å². The van der Waals surface area contributed by atoms with Crippen LogP contribution in [0, 0.1) is 17.7 Å². The van der Waals surface area contributed by atoms with Crippen LogP contribution in [0.25, 0.3) is 22.7 Å². The summed E-state index contributed by atoms with van der Waals surface area (Å²) in [5.74, 6) is -2.32. The van der Waals surface area contributed by atoms with Gasteiger partial charge in [0.05, 0.1) is 0 Å². The van der Waals surface area contributed by atoms with Crippen molar-refractivity contribution in [2.45, 2.75) is 52.4 Å². The normalized spacial score (nSPS) is 21.7. The fourth-order valence-corrected chi connectivity index (χ4v) is 4.20. The summed E-state index contributed by atoms with van der Waals surface area (Å²) < 4.78 is 44.4. The Balaban J connectivity index is 1.88. The highest BCUT2D eigenvalue weighted by molar-refractivity contribution is 5.88. The van der Waals surface area contributed by atoms with Crippen molar-refractivity contribution in [3.8, 4) is 0 Å². The van der Waals surface area contributed by atoms with Crippen molar-refractivity contribution in [1.82, 2.24) is 0 Å². The minimum Gasteiger partial charge on any atom is -0.208 e. The van der Waals surface area contributed by atoms with Crippen LogP contribution in [0.3, 0.4) is 0 Å². The molecule has 0 nitrogen and oxygen atoms in total. The zero-order valence-corrected chi connectivity index (χ0v) is 16.1. The Morgan fingerprint density at radius 1 is 1.07 bits per heavy atom. The van der Waals surface area contributed by atoms with Crippen LogP contribution >= 0.6 is 0 Å². The molecule has 2 aromatic carbocycles. The van der Waals surface area contributed by atoms with E-state index in [2.05, 4.69) is 6.92 Å². The molecule has 144 valence electrons. The molecule has 0 N–H and O–H groups in total. The van der Waals surface area contributed by atoms with Crippen molar-refractivity contribution in [1.29, 1.82) is 0 Å². The number of rotatable bonds is 5. The predicted octanol–water partition coefficient (Wildman–Crippen LogP) is 8.23. The summed E-state index contributed by atoms with van der Waals surface area (Å²) in [7, 11) is 0. The van der Waals surface area contributed by atoms with Crippen LogP contribution in [0.4, 0.5) is 13.2 Å².